The molecule has 1 aliphatic rings. The van der Waals surface area contributed by atoms with E-state index < -0.39 is 6.04 Å². The summed E-state index contributed by atoms with van der Waals surface area (Å²) in [4.78, 5) is 21.4. The van der Waals surface area contributed by atoms with Gasteiger partial charge in [-0.2, -0.15) is 0 Å². The smallest absolute Gasteiger partial charge is 0.244 e. The largest absolute Gasteiger partial charge is 0.341 e. The van der Waals surface area contributed by atoms with E-state index in [4.69, 9.17) is 5.73 Å². The van der Waals surface area contributed by atoms with Crippen molar-refractivity contribution in [3.63, 3.8) is 0 Å². The molecule has 1 atom stereocenters. The quantitative estimate of drug-likeness (QED) is 0.859. The van der Waals surface area contributed by atoms with Crippen LogP contribution in [0.1, 0.15) is 36.2 Å². The van der Waals surface area contributed by atoms with E-state index in [1.54, 1.807) is 0 Å². The first kappa shape index (κ1) is 18.6. The molecule has 2 aromatic rings. The van der Waals surface area contributed by atoms with E-state index in [-0.39, 0.29) is 5.91 Å². The second-order valence-electron chi connectivity index (χ2n) is 7.27. The van der Waals surface area contributed by atoms with Crippen molar-refractivity contribution in [1.82, 2.24) is 19.4 Å². The molecule has 1 fully saturated rings. The van der Waals surface area contributed by atoms with Crippen LogP contribution in [0.2, 0.25) is 0 Å². The molecule has 1 aromatic carbocycles. The van der Waals surface area contributed by atoms with Crippen LogP contribution < -0.4 is 5.73 Å². The summed E-state index contributed by atoms with van der Waals surface area (Å²) in [6.07, 6.45) is 5.81. The molecule has 6 nitrogen and oxygen atoms in total. The molecule has 1 amide bonds. The highest BCUT2D eigenvalue weighted by molar-refractivity contribution is 5.83. The Morgan fingerprint density at radius 1 is 1.27 bits per heavy atom. The molecule has 0 spiro atoms. The number of benzene rings is 1. The average molecular weight is 355 g/mol. The summed E-state index contributed by atoms with van der Waals surface area (Å²) in [6.45, 7) is 3.42. The highest BCUT2D eigenvalue weighted by Gasteiger charge is 2.29. The molecule has 0 aliphatic carbocycles. The van der Waals surface area contributed by atoms with Crippen molar-refractivity contribution in [2.75, 3.05) is 33.7 Å². The number of hydrogen-bond donors (Lipinski definition) is 1. The van der Waals surface area contributed by atoms with Crippen molar-refractivity contribution in [2.45, 2.75) is 31.3 Å². The molecule has 26 heavy (non-hydrogen) atoms. The molecule has 1 aliphatic heterocycles. The Bertz CT molecular complexity index is 704. The van der Waals surface area contributed by atoms with Crippen LogP contribution in [0.5, 0.6) is 0 Å². The molecule has 3 rings (SSSR count). The Kier molecular flexibility index (Phi) is 6.06. The normalized spacial score (nSPS) is 16.8. The van der Waals surface area contributed by atoms with Crippen LogP contribution in [0.4, 0.5) is 0 Å². The van der Waals surface area contributed by atoms with Crippen LogP contribution in [-0.2, 0) is 11.3 Å². The van der Waals surface area contributed by atoms with E-state index in [0.717, 1.165) is 50.4 Å². The maximum atomic E-state index is 12.7. The van der Waals surface area contributed by atoms with Gasteiger partial charge in [-0.3, -0.25) is 4.79 Å². The maximum absolute atomic E-state index is 12.7. The van der Waals surface area contributed by atoms with Gasteiger partial charge in [0.15, 0.2) is 0 Å². The minimum atomic E-state index is -0.574. The van der Waals surface area contributed by atoms with Gasteiger partial charge in [-0.1, -0.05) is 30.3 Å². The van der Waals surface area contributed by atoms with Crippen molar-refractivity contribution < 1.29 is 4.79 Å². The lowest BCUT2D eigenvalue weighted by atomic mass is 9.95. The van der Waals surface area contributed by atoms with Crippen molar-refractivity contribution in [2.24, 2.45) is 5.73 Å². The van der Waals surface area contributed by atoms with Gasteiger partial charge in [0, 0.05) is 44.5 Å². The number of likely N-dealkylation sites (N-methyl/N-ethyl adjacent to an activating group) is 1. The molecule has 2 N–H and O–H groups in total. The maximum Gasteiger partial charge on any atom is 0.244 e. The van der Waals surface area contributed by atoms with E-state index in [1.165, 1.54) is 0 Å². The van der Waals surface area contributed by atoms with E-state index in [2.05, 4.69) is 34.7 Å². The summed E-state index contributed by atoms with van der Waals surface area (Å²) in [5.74, 6) is 1.57. The zero-order valence-corrected chi connectivity index (χ0v) is 15.7. The zero-order chi connectivity index (χ0) is 18.5. The average Bonchev–Trinajstić information content (AvgIpc) is 3.14. The highest BCUT2D eigenvalue weighted by atomic mass is 16.2. The van der Waals surface area contributed by atoms with Gasteiger partial charge in [0.1, 0.15) is 11.9 Å². The number of imidazole rings is 1. The monoisotopic (exact) mass is 355 g/mol. The highest BCUT2D eigenvalue weighted by Crippen LogP contribution is 2.28. The fourth-order valence-corrected chi connectivity index (χ4v) is 3.54. The van der Waals surface area contributed by atoms with Crippen LogP contribution in [0.25, 0.3) is 0 Å². The van der Waals surface area contributed by atoms with Gasteiger partial charge in [0.2, 0.25) is 5.91 Å². The number of hydrogen-bond acceptors (Lipinski definition) is 4. The van der Waals surface area contributed by atoms with Crippen LogP contribution in [0, 0.1) is 0 Å². The number of aromatic nitrogens is 2. The summed E-state index contributed by atoms with van der Waals surface area (Å²) in [5, 5.41) is 0. The summed E-state index contributed by atoms with van der Waals surface area (Å²) in [5.41, 5.74) is 7.05. The van der Waals surface area contributed by atoms with Crippen molar-refractivity contribution in [3.05, 3.63) is 54.1 Å². The molecule has 0 saturated carbocycles. The van der Waals surface area contributed by atoms with Gasteiger partial charge >= 0.3 is 0 Å². The number of piperidine rings is 1. The standard InChI is InChI=1S/C20H29N5O/c1-23(2)14-15-24-13-10-22-19(24)17-8-11-25(12-9-17)20(26)18(21)16-6-4-3-5-7-16/h3-7,10,13,17-18H,8-9,11-12,14-15,21H2,1-2H3/t18-/m1/s1. The molecule has 2 heterocycles. The molecule has 0 radical (unpaired) electrons. The van der Waals surface area contributed by atoms with Gasteiger partial charge in [-0.05, 0) is 32.5 Å². The first-order valence-electron chi connectivity index (χ1n) is 9.31. The van der Waals surface area contributed by atoms with E-state index in [0.29, 0.717) is 5.92 Å². The van der Waals surface area contributed by atoms with Crippen molar-refractivity contribution in [1.29, 1.82) is 0 Å². The second kappa shape index (κ2) is 8.47. The number of nitrogens with zero attached hydrogens (tertiary/aromatic N) is 4. The number of nitrogens with two attached hydrogens (primary N) is 1. The predicted molar refractivity (Wildman–Crippen MR) is 103 cm³/mol. The lowest BCUT2D eigenvalue weighted by Gasteiger charge is -2.33. The first-order chi connectivity index (χ1) is 12.6. The van der Waals surface area contributed by atoms with Crippen LogP contribution in [0.3, 0.4) is 0 Å². The summed E-state index contributed by atoms with van der Waals surface area (Å²) in [6, 6.07) is 9.03. The van der Waals surface area contributed by atoms with Crippen LogP contribution in [0.15, 0.2) is 42.7 Å². The summed E-state index contributed by atoms with van der Waals surface area (Å²) < 4.78 is 2.25. The van der Waals surface area contributed by atoms with E-state index >= 15 is 0 Å². The molecule has 1 saturated heterocycles. The Morgan fingerprint density at radius 3 is 2.62 bits per heavy atom. The Hall–Kier alpha value is -2.18. The van der Waals surface area contributed by atoms with Crippen molar-refractivity contribution >= 4 is 5.91 Å². The lowest BCUT2D eigenvalue weighted by molar-refractivity contribution is -0.133. The second-order valence-corrected chi connectivity index (χ2v) is 7.27. The van der Waals surface area contributed by atoms with E-state index in [9.17, 15) is 4.79 Å². The van der Waals surface area contributed by atoms with Crippen LogP contribution >= 0.6 is 0 Å². The Labute approximate surface area is 155 Å². The summed E-state index contributed by atoms with van der Waals surface area (Å²) >= 11 is 0. The molecular formula is C20H29N5O. The fraction of sp³-hybridized carbons (Fsp3) is 0.500. The number of carbonyl (C=O) groups is 1. The number of carbonyl (C=O) groups excluding carboxylic acids is 1. The third-order valence-electron chi connectivity index (χ3n) is 5.13. The van der Waals surface area contributed by atoms with Gasteiger partial charge in [-0.15, -0.1) is 0 Å². The van der Waals surface area contributed by atoms with Gasteiger partial charge in [0.05, 0.1) is 0 Å². The minimum absolute atomic E-state index is 0.0191. The van der Waals surface area contributed by atoms with E-state index in [1.807, 2.05) is 41.4 Å². The number of amides is 1. The summed E-state index contributed by atoms with van der Waals surface area (Å²) in [7, 11) is 4.16. The van der Waals surface area contributed by atoms with Gasteiger partial charge in [-0.25, -0.2) is 4.98 Å². The predicted octanol–water partition coefficient (Wildman–Crippen LogP) is 1.85. The molecular weight excluding hydrogens is 326 g/mol. The molecule has 0 bridgehead atoms. The van der Waals surface area contributed by atoms with Gasteiger partial charge < -0.3 is 20.1 Å². The molecule has 0 unspecified atom stereocenters. The zero-order valence-electron chi connectivity index (χ0n) is 15.7. The molecule has 140 valence electrons. The third-order valence-corrected chi connectivity index (χ3v) is 5.13. The third kappa shape index (κ3) is 4.31. The fourth-order valence-electron chi connectivity index (χ4n) is 3.54. The Morgan fingerprint density at radius 2 is 1.96 bits per heavy atom. The lowest BCUT2D eigenvalue weighted by Crippen LogP contribution is -2.43. The van der Waals surface area contributed by atoms with Gasteiger partial charge in [0.25, 0.3) is 0 Å². The minimum Gasteiger partial charge on any atom is -0.341 e. The SMILES string of the molecule is CN(C)CCn1ccnc1C1CCN(C(=O)[C@H](N)c2ccccc2)CC1. The molecule has 6 heteroatoms. The first-order valence-corrected chi connectivity index (χ1v) is 9.31. The molecule has 1 aromatic heterocycles. The topological polar surface area (TPSA) is 67.4 Å². The van der Waals surface area contributed by atoms with Crippen LogP contribution in [-0.4, -0.2) is 59.0 Å². The van der Waals surface area contributed by atoms with Crippen molar-refractivity contribution in [3.8, 4) is 0 Å². The number of likely N-dealkylation sites (tertiary alicyclic amines) is 1. The number of rotatable bonds is 6. The Balaban J connectivity index is 1.58.